The number of hydrogen-bond acceptors (Lipinski definition) is 5. The van der Waals surface area contributed by atoms with Gasteiger partial charge in [0, 0.05) is 0 Å². The Hall–Kier alpha value is -4.15. The molecule has 0 aromatic heterocycles. The number of amides is 1. The highest BCUT2D eigenvalue weighted by Gasteiger charge is 2.23. The molecule has 3 aromatic carbocycles. The lowest BCUT2D eigenvalue weighted by Gasteiger charge is -2.03. The summed E-state index contributed by atoms with van der Waals surface area (Å²) in [5, 5.41) is 21.0. The maximum atomic E-state index is 12.3. The van der Waals surface area contributed by atoms with Crippen LogP contribution >= 0.6 is 11.8 Å². The molecular formula is C25H17N3O3S. The maximum absolute atomic E-state index is 12.3. The second-order valence-corrected chi connectivity index (χ2v) is 8.06. The van der Waals surface area contributed by atoms with Crippen LogP contribution < -0.4 is 5.32 Å². The van der Waals surface area contributed by atoms with E-state index in [1.165, 1.54) is 11.8 Å². The zero-order valence-corrected chi connectivity index (χ0v) is 17.6. The summed E-state index contributed by atoms with van der Waals surface area (Å²) in [5.41, 5.74) is 4.87. The van der Waals surface area contributed by atoms with E-state index in [2.05, 4.69) is 16.4 Å². The number of thioether (sulfide) groups is 1. The van der Waals surface area contributed by atoms with Crippen molar-refractivity contribution in [3.8, 4) is 17.2 Å². The first-order valence-corrected chi connectivity index (χ1v) is 10.5. The third kappa shape index (κ3) is 5.12. The normalized spacial score (nSPS) is 15.5. The van der Waals surface area contributed by atoms with Crippen molar-refractivity contribution < 1.29 is 14.7 Å². The van der Waals surface area contributed by atoms with Gasteiger partial charge in [0.05, 0.1) is 28.6 Å². The molecule has 6 nitrogen and oxygen atoms in total. The van der Waals surface area contributed by atoms with Crippen LogP contribution in [0.2, 0.25) is 0 Å². The van der Waals surface area contributed by atoms with Gasteiger partial charge in [-0.05, 0) is 64.4 Å². The molecule has 0 bridgehead atoms. The number of nitriles is 1. The van der Waals surface area contributed by atoms with Gasteiger partial charge in [0.1, 0.15) is 0 Å². The molecule has 0 aliphatic carbocycles. The molecule has 0 unspecified atom stereocenters. The van der Waals surface area contributed by atoms with Crippen LogP contribution in [0.15, 0.2) is 82.7 Å². The van der Waals surface area contributed by atoms with E-state index in [9.17, 15) is 9.59 Å². The summed E-state index contributed by atoms with van der Waals surface area (Å²) in [6.07, 6.45) is 1.76. The first kappa shape index (κ1) is 21.1. The molecule has 1 aliphatic rings. The van der Waals surface area contributed by atoms with Crippen molar-refractivity contribution in [2.75, 3.05) is 0 Å². The summed E-state index contributed by atoms with van der Waals surface area (Å²) in [4.78, 5) is 28.1. The fourth-order valence-corrected chi connectivity index (χ4v) is 3.96. The van der Waals surface area contributed by atoms with Crippen LogP contribution in [0.25, 0.3) is 17.2 Å². The van der Waals surface area contributed by atoms with E-state index in [0.29, 0.717) is 26.9 Å². The first-order valence-electron chi connectivity index (χ1n) is 9.71. The summed E-state index contributed by atoms with van der Waals surface area (Å²) in [6.45, 7) is 0. The van der Waals surface area contributed by atoms with Gasteiger partial charge in [-0.2, -0.15) is 5.26 Å². The lowest BCUT2D eigenvalue weighted by Crippen LogP contribution is -2.19. The largest absolute Gasteiger partial charge is 0.481 e. The zero-order chi connectivity index (χ0) is 22.5. The summed E-state index contributed by atoms with van der Waals surface area (Å²) in [7, 11) is 0. The number of carboxylic acid groups (broad SMARTS) is 1. The van der Waals surface area contributed by atoms with Crippen molar-refractivity contribution >= 4 is 40.6 Å². The molecule has 1 heterocycles. The molecule has 1 saturated heterocycles. The van der Waals surface area contributed by atoms with Gasteiger partial charge in [-0.1, -0.05) is 48.5 Å². The minimum Gasteiger partial charge on any atom is -0.481 e. The summed E-state index contributed by atoms with van der Waals surface area (Å²) in [5.74, 6) is -1.10. The van der Waals surface area contributed by atoms with Crippen molar-refractivity contribution in [2.24, 2.45) is 4.99 Å². The van der Waals surface area contributed by atoms with Crippen LogP contribution in [-0.2, 0) is 16.0 Å². The van der Waals surface area contributed by atoms with Gasteiger partial charge in [-0.15, -0.1) is 0 Å². The highest BCUT2D eigenvalue weighted by molar-refractivity contribution is 8.18. The molecule has 4 rings (SSSR count). The average molecular weight is 439 g/mol. The van der Waals surface area contributed by atoms with Crippen molar-refractivity contribution in [2.45, 2.75) is 6.42 Å². The van der Waals surface area contributed by atoms with E-state index in [1.807, 2.05) is 36.4 Å². The predicted molar refractivity (Wildman–Crippen MR) is 125 cm³/mol. The highest BCUT2D eigenvalue weighted by atomic mass is 32.2. The number of amidine groups is 1. The molecule has 32 heavy (non-hydrogen) atoms. The minimum absolute atomic E-state index is 0.0425. The van der Waals surface area contributed by atoms with E-state index in [4.69, 9.17) is 10.4 Å². The Kier molecular flexibility index (Phi) is 6.15. The van der Waals surface area contributed by atoms with E-state index in [0.717, 1.165) is 16.7 Å². The number of nitrogens with zero attached hydrogens (tertiary/aromatic N) is 2. The first-order chi connectivity index (χ1) is 15.5. The van der Waals surface area contributed by atoms with Gasteiger partial charge < -0.3 is 10.4 Å². The zero-order valence-electron chi connectivity index (χ0n) is 16.8. The Balaban J connectivity index is 1.46. The van der Waals surface area contributed by atoms with Crippen molar-refractivity contribution in [1.82, 2.24) is 5.32 Å². The quantitative estimate of drug-likeness (QED) is 0.559. The van der Waals surface area contributed by atoms with Gasteiger partial charge in [0.2, 0.25) is 0 Å². The molecule has 0 radical (unpaired) electrons. The number of carbonyl (C=O) groups is 2. The summed E-state index contributed by atoms with van der Waals surface area (Å²) >= 11 is 1.25. The Morgan fingerprint density at radius 1 is 1.00 bits per heavy atom. The SMILES string of the molecule is N#Cc1ccc(-c2ccc(C=C3SC(=Nc4ccc(CC(=O)O)cc4)NC3=O)cc2)cc1. The van der Waals surface area contributed by atoms with E-state index in [1.54, 1.807) is 42.5 Å². The molecule has 2 N–H and O–H groups in total. The number of carboxylic acids is 1. The number of carbonyl (C=O) groups excluding carboxylic acids is 1. The van der Waals surface area contributed by atoms with Crippen LogP contribution in [0.5, 0.6) is 0 Å². The van der Waals surface area contributed by atoms with Crippen LogP contribution in [0.3, 0.4) is 0 Å². The maximum Gasteiger partial charge on any atom is 0.307 e. The van der Waals surface area contributed by atoms with Crippen LogP contribution in [0.4, 0.5) is 5.69 Å². The number of aliphatic imine (C=N–C) groups is 1. The highest BCUT2D eigenvalue weighted by Crippen LogP contribution is 2.29. The molecule has 1 amide bonds. The molecular weight excluding hydrogens is 422 g/mol. The third-order valence-electron chi connectivity index (χ3n) is 4.73. The lowest BCUT2D eigenvalue weighted by molar-refractivity contribution is -0.136. The van der Waals surface area contributed by atoms with E-state index < -0.39 is 5.97 Å². The molecule has 7 heteroatoms. The van der Waals surface area contributed by atoms with Gasteiger partial charge in [0.25, 0.3) is 5.91 Å². The molecule has 1 aliphatic heterocycles. The Morgan fingerprint density at radius 3 is 2.22 bits per heavy atom. The van der Waals surface area contributed by atoms with Crippen molar-refractivity contribution in [3.05, 3.63) is 94.4 Å². The fraction of sp³-hybridized carbons (Fsp3) is 0.0400. The van der Waals surface area contributed by atoms with Gasteiger partial charge in [0.15, 0.2) is 5.17 Å². The number of benzene rings is 3. The van der Waals surface area contributed by atoms with Crippen LogP contribution in [0, 0.1) is 11.3 Å². The predicted octanol–water partition coefficient (Wildman–Crippen LogP) is 4.74. The second kappa shape index (κ2) is 9.33. The van der Waals surface area contributed by atoms with Gasteiger partial charge in [-0.3, -0.25) is 9.59 Å². The topological polar surface area (TPSA) is 103 Å². The van der Waals surface area contributed by atoms with Crippen molar-refractivity contribution in [1.29, 1.82) is 5.26 Å². The van der Waals surface area contributed by atoms with Crippen molar-refractivity contribution in [3.63, 3.8) is 0 Å². The van der Waals surface area contributed by atoms with Gasteiger partial charge in [-0.25, -0.2) is 4.99 Å². The van der Waals surface area contributed by atoms with Gasteiger partial charge >= 0.3 is 5.97 Å². The average Bonchev–Trinajstić information content (AvgIpc) is 3.14. The molecule has 0 atom stereocenters. The molecule has 3 aromatic rings. The number of rotatable bonds is 5. The van der Waals surface area contributed by atoms with E-state index in [-0.39, 0.29) is 12.3 Å². The second-order valence-electron chi connectivity index (χ2n) is 7.03. The molecule has 0 spiro atoms. The third-order valence-corrected chi connectivity index (χ3v) is 5.64. The Bertz CT molecular complexity index is 1270. The van der Waals surface area contributed by atoms with Crippen LogP contribution in [0.1, 0.15) is 16.7 Å². The van der Waals surface area contributed by atoms with E-state index >= 15 is 0 Å². The minimum atomic E-state index is -0.887. The smallest absolute Gasteiger partial charge is 0.307 e. The van der Waals surface area contributed by atoms with Crippen LogP contribution in [-0.4, -0.2) is 22.2 Å². The number of hydrogen-bond donors (Lipinski definition) is 2. The number of aliphatic carboxylic acids is 1. The standard InChI is InChI=1S/C25H17N3O3S/c26-15-18-3-9-20(10-4-18)19-7-1-16(2-8-19)13-22-24(31)28-25(32-22)27-21-11-5-17(6-12-21)14-23(29)30/h1-13H,14H2,(H,29,30)(H,27,28,31). The molecule has 156 valence electrons. The fourth-order valence-electron chi connectivity index (χ4n) is 3.12. The summed E-state index contributed by atoms with van der Waals surface area (Å²) in [6, 6.07) is 24.2. The number of nitrogens with one attached hydrogen (secondary N) is 1. The Labute approximate surface area is 188 Å². The summed E-state index contributed by atoms with van der Waals surface area (Å²) < 4.78 is 0. The molecule has 0 saturated carbocycles. The monoisotopic (exact) mass is 439 g/mol. The Morgan fingerprint density at radius 2 is 1.62 bits per heavy atom. The molecule has 1 fully saturated rings. The lowest BCUT2D eigenvalue weighted by atomic mass is 10.0.